The van der Waals surface area contributed by atoms with E-state index >= 15 is 0 Å². The summed E-state index contributed by atoms with van der Waals surface area (Å²) in [6.07, 6.45) is 1.58. The molecule has 0 bridgehead atoms. The summed E-state index contributed by atoms with van der Waals surface area (Å²) in [4.78, 5) is 32.4. The van der Waals surface area contributed by atoms with Crippen molar-refractivity contribution in [3.63, 3.8) is 0 Å². The fourth-order valence-corrected chi connectivity index (χ4v) is 3.07. The summed E-state index contributed by atoms with van der Waals surface area (Å²) in [6, 6.07) is 11.5. The van der Waals surface area contributed by atoms with Gasteiger partial charge in [-0.2, -0.15) is 0 Å². The van der Waals surface area contributed by atoms with Gasteiger partial charge in [-0.05, 0) is 36.4 Å². The zero-order valence-corrected chi connectivity index (χ0v) is 14.7. The summed E-state index contributed by atoms with van der Waals surface area (Å²) in [5.41, 5.74) is 1.34. The lowest BCUT2D eigenvalue weighted by Crippen LogP contribution is -2.50. The van der Waals surface area contributed by atoms with Crippen LogP contribution in [0.5, 0.6) is 0 Å². The van der Waals surface area contributed by atoms with Gasteiger partial charge >= 0.3 is 0 Å². The van der Waals surface area contributed by atoms with E-state index in [-0.39, 0.29) is 11.8 Å². The first-order valence-corrected chi connectivity index (χ1v) is 9.12. The zero-order chi connectivity index (χ0) is 18.5. The summed E-state index contributed by atoms with van der Waals surface area (Å²) in [5, 5.41) is 0. The van der Waals surface area contributed by atoms with E-state index in [0.29, 0.717) is 43.1 Å². The first-order valence-electron chi connectivity index (χ1n) is 8.02. The molecule has 2 N–H and O–H groups in total. The molecule has 0 spiro atoms. The van der Waals surface area contributed by atoms with Crippen molar-refractivity contribution in [1.29, 1.82) is 0 Å². The molecule has 1 saturated heterocycles. The molecule has 2 heterocycles. The zero-order valence-electron chi connectivity index (χ0n) is 13.9. The van der Waals surface area contributed by atoms with Crippen LogP contribution in [0.15, 0.2) is 48.7 Å². The minimum Gasteiger partial charge on any atom is -0.335 e. The van der Waals surface area contributed by atoms with E-state index in [1.165, 1.54) is 0 Å². The largest absolute Gasteiger partial charge is 0.335 e. The Morgan fingerprint density at radius 2 is 1.58 bits per heavy atom. The average Bonchev–Trinajstić information content (AvgIpc) is 2.68. The predicted molar refractivity (Wildman–Crippen MR) is 96.9 cm³/mol. The fraction of sp³-hybridized carbons (Fsp3) is 0.235. The highest BCUT2D eigenvalue weighted by atomic mass is 32.2. The molecule has 0 aliphatic carbocycles. The number of pyridine rings is 1. The Kier molecular flexibility index (Phi) is 5.59. The lowest BCUT2D eigenvalue weighted by Gasteiger charge is -2.34. The number of anilines is 1. The molecule has 8 nitrogen and oxygen atoms in total. The van der Waals surface area contributed by atoms with Crippen LogP contribution in [0.1, 0.15) is 20.8 Å². The summed E-state index contributed by atoms with van der Waals surface area (Å²) in [7, 11) is 0. The van der Waals surface area contributed by atoms with Crippen molar-refractivity contribution >= 4 is 28.8 Å². The van der Waals surface area contributed by atoms with Crippen LogP contribution < -0.4 is 4.72 Å². The number of hydrogen-bond acceptors (Lipinski definition) is 4. The van der Waals surface area contributed by atoms with Crippen LogP contribution in [-0.4, -0.2) is 61.5 Å². The van der Waals surface area contributed by atoms with E-state index in [9.17, 15) is 13.8 Å². The maximum Gasteiger partial charge on any atom is 0.272 e. The van der Waals surface area contributed by atoms with Gasteiger partial charge in [-0.1, -0.05) is 6.07 Å². The molecule has 1 atom stereocenters. The quantitative estimate of drug-likeness (QED) is 0.784. The van der Waals surface area contributed by atoms with Crippen molar-refractivity contribution < 1.29 is 18.4 Å². The Balaban J connectivity index is 1.58. The fourth-order valence-electron chi connectivity index (χ4n) is 2.73. The molecule has 2 aromatic rings. The van der Waals surface area contributed by atoms with Crippen LogP contribution in [0.25, 0.3) is 0 Å². The SMILES string of the molecule is O=C(c1ccc(NS(=O)O)cc1)N1CCN(C(=O)c2ccccn2)CC1. The number of hydrogen-bond donors (Lipinski definition) is 2. The summed E-state index contributed by atoms with van der Waals surface area (Å²) in [6.45, 7) is 1.78. The van der Waals surface area contributed by atoms with E-state index in [1.807, 2.05) is 0 Å². The lowest BCUT2D eigenvalue weighted by molar-refractivity contribution is 0.0532. The smallest absolute Gasteiger partial charge is 0.272 e. The molecule has 136 valence electrons. The predicted octanol–water partition coefficient (Wildman–Crippen LogP) is 1.23. The van der Waals surface area contributed by atoms with Crippen molar-refractivity contribution in [1.82, 2.24) is 14.8 Å². The summed E-state index contributed by atoms with van der Waals surface area (Å²) >= 11 is -2.15. The second-order valence-corrected chi connectivity index (χ2v) is 6.43. The third kappa shape index (κ3) is 4.24. The van der Waals surface area contributed by atoms with Crippen LogP contribution in [0.2, 0.25) is 0 Å². The molecule has 1 aliphatic heterocycles. The molecular weight excluding hydrogens is 356 g/mol. The highest BCUT2D eigenvalue weighted by Crippen LogP contribution is 2.14. The van der Waals surface area contributed by atoms with Gasteiger partial charge in [-0.25, -0.2) is 4.21 Å². The number of rotatable bonds is 4. The lowest BCUT2D eigenvalue weighted by atomic mass is 10.1. The topological polar surface area (TPSA) is 103 Å². The van der Waals surface area contributed by atoms with Crippen molar-refractivity contribution in [2.24, 2.45) is 0 Å². The van der Waals surface area contributed by atoms with Gasteiger partial charge in [0.05, 0.1) is 0 Å². The molecule has 1 unspecified atom stereocenters. The average molecular weight is 374 g/mol. The highest BCUT2D eigenvalue weighted by Gasteiger charge is 2.25. The van der Waals surface area contributed by atoms with Crippen LogP contribution in [-0.2, 0) is 11.3 Å². The van der Waals surface area contributed by atoms with Crippen LogP contribution in [0.4, 0.5) is 5.69 Å². The minimum atomic E-state index is -2.15. The molecule has 1 fully saturated rings. The molecular formula is C17H18N4O4S. The van der Waals surface area contributed by atoms with Crippen molar-refractivity contribution in [2.45, 2.75) is 0 Å². The van der Waals surface area contributed by atoms with E-state index in [4.69, 9.17) is 4.55 Å². The number of piperazine rings is 1. The Morgan fingerprint density at radius 1 is 0.962 bits per heavy atom. The normalized spacial score (nSPS) is 15.4. The molecule has 0 radical (unpaired) electrons. The Morgan fingerprint density at radius 3 is 2.12 bits per heavy atom. The molecule has 2 amide bonds. The van der Waals surface area contributed by atoms with Gasteiger partial charge in [0.25, 0.3) is 23.1 Å². The number of carbonyl (C=O) groups excluding carboxylic acids is 2. The number of benzene rings is 1. The monoisotopic (exact) mass is 374 g/mol. The molecule has 1 aromatic carbocycles. The molecule has 26 heavy (non-hydrogen) atoms. The van der Waals surface area contributed by atoms with Gasteiger partial charge < -0.3 is 9.80 Å². The van der Waals surface area contributed by atoms with Gasteiger partial charge in [0.15, 0.2) is 0 Å². The Bertz CT molecular complexity index is 805. The minimum absolute atomic E-state index is 0.133. The molecule has 1 aromatic heterocycles. The van der Waals surface area contributed by atoms with Gasteiger partial charge in [0, 0.05) is 43.6 Å². The molecule has 0 saturated carbocycles. The van der Waals surface area contributed by atoms with Crippen molar-refractivity contribution in [3.8, 4) is 0 Å². The van der Waals surface area contributed by atoms with E-state index < -0.39 is 11.3 Å². The molecule has 3 rings (SSSR count). The van der Waals surface area contributed by atoms with Crippen LogP contribution in [0.3, 0.4) is 0 Å². The Labute approximate surface area is 153 Å². The first-order chi connectivity index (χ1) is 12.5. The molecule has 9 heteroatoms. The maximum absolute atomic E-state index is 12.6. The maximum atomic E-state index is 12.6. The number of amides is 2. The van der Waals surface area contributed by atoms with E-state index in [1.54, 1.807) is 58.5 Å². The van der Waals surface area contributed by atoms with Crippen molar-refractivity contribution in [3.05, 3.63) is 59.9 Å². The van der Waals surface area contributed by atoms with Gasteiger partial charge in [0.2, 0.25) is 0 Å². The second kappa shape index (κ2) is 8.07. The standard InChI is InChI=1S/C17H18N4O4S/c22-16(13-4-6-14(7-5-13)19-26(24)25)20-9-11-21(12-10-20)17(23)15-3-1-2-8-18-15/h1-8,19H,9-12H2,(H,24,25). The Hall–Kier alpha value is -2.78. The summed E-state index contributed by atoms with van der Waals surface area (Å²) < 4.78 is 21.8. The second-order valence-electron chi connectivity index (χ2n) is 5.73. The van der Waals surface area contributed by atoms with E-state index in [0.717, 1.165) is 0 Å². The third-order valence-corrected chi connectivity index (χ3v) is 4.49. The molecule has 1 aliphatic rings. The third-order valence-electron chi connectivity index (χ3n) is 4.08. The number of nitrogens with one attached hydrogen (secondary N) is 1. The first kappa shape index (κ1) is 18.0. The van der Waals surface area contributed by atoms with Crippen LogP contribution in [0, 0.1) is 0 Å². The van der Waals surface area contributed by atoms with Gasteiger partial charge in [-0.3, -0.25) is 23.8 Å². The van der Waals surface area contributed by atoms with Gasteiger partial charge in [-0.15, -0.1) is 0 Å². The highest BCUT2D eigenvalue weighted by molar-refractivity contribution is 7.80. The van der Waals surface area contributed by atoms with E-state index in [2.05, 4.69) is 9.71 Å². The number of carbonyl (C=O) groups is 2. The van der Waals surface area contributed by atoms with Crippen LogP contribution >= 0.6 is 0 Å². The number of aromatic nitrogens is 1. The summed E-state index contributed by atoms with van der Waals surface area (Å²) in [5.74, 6) is -0.267. The number of nitrogens with zero attached hydrogens (tertiary/aromatic N) is 3. The van der Waals surface area contributed by atoms with Gasteiger partial charge in [0.1, 0.15) is 5.69 Å². The van der Waals surface area contributed by atoms with Crippen molar-refractivity contribution in [2.75, 3.05) is 30.9 Å².